The van der Waals surface area contributed by atoms with E-state index in [1.54, 1.807) is 13.3 Å². The number of allylic oxidation sites excluding steroid dienone is 1. The van der Waals surface area contributed by atoms with Crippen LogP contribution in [0.4, 0.5) is 17.3 Å². The third kappa shape index (κ3) is 5.52. The minimum absolute atomic E-state index is 0.0878. The molecule has 0 amide bonds. The maximum Gasteiger partial charge on any atom is 0.227 e. The van der Waals surface area contributed by atoms with Gasteiger partial charge in [-0.1, -0.05) is 24.2 Å². The number of rotatable bonds is 8. The van der Waals surface area contributed by atoms with E-state index >= 15 is 0 Å². The summed E-state index contributed by atoms with van der Waals surface area (Å²) in [7, 11) is 1.58. The van der Waals surface area contributed by atoms with Gasteiger partial charge in [0.05, 0.1) is 24.0 Å². The number of methoxy groups -OCH3 is 1. The quantitative estimate of drug-likeness (QED) is 0.424. The van der Waals surface area contributed by atoms with Crippen molar-refractivity contribution in [1.29, 1.82) is 0 Å². The lowest BCUT2D eigenvalue weighted by Gasteiger charge is -2.29. The van der Waals surface area contributed by atoms with Crippen LogP contribution in [-0.4, -0.2) is 36.0 Å². The van der Waals surface area contributed by atoms with Crippen LogP contribution in [0.3, 0.4) is 0 Å². The van der Waals surface area contributed by atoms with Crippen LogP contribution >= 0.6 is 11.6 Å². The van der Waals surface area contributed by atoms with Crippen LogP contribution in [0, 0.1) is 0 Å². The third-order valence-corrected chi connectivity index (χ3v) is 5.99. The normalized spacial score (nSPS) is 13.5. The van der Waals surface area contributed by atoms with Gasteiger partial charge >= 0.3 is 0 Å². The summed E-state index contributed by atoms with van der Waals surface area (Å²) in [4.78, 5) is 23.4. The van der Waals surface area contributed by atoms with Gasteiger partial charge in [-0.25, -0.2) is 9.97 Å². The Morgan fingerprint density at radius 1 is 1.21 bits per heavy atom. The van der Waals surface area contributed by atoms with E-state index in [0.29, 0.717) is 22.4 Å². The lowest BCUT2D eigenvalue weighted by Crippen LogP contribution is -2.29. The summed E-state index contributed by atoms with van der Waals surface area (Å²) in [5.41, 5.74) is 4.22. The van der Waals surface area contributed by atoms with Crippen molar-refractivity contribution in [3.63, 3.8) is 0 Å². The second-order valence-electron chi connectivity index (χ2n) is 7.99. The molecule has 33 heavy (non-hydrogen) atoms. The highest BCUT2D eigenvalue weighted by atomic mass is 35.5. The van der Waals surface area contributed by atoms with Gasteiger partial charge < -0.3 is 15.0 Å². The van der Waals surface area contributed by atoms with Crippen molar-refractivity contribution >= 4 is 34.7 Å². The van der Waals surface area contributed by atoms with Gasteiger partial charge in [0.1, 0.15) is 5.75 Å². The molecule has 0 atom stereocenters. The van der Waals surface area contributed by atoms with Gasteiger partial charge in [-0.3, -0.25) is 4.79 Å². The summed E-state index contributed by atoms with van der Waals surface area (Å²) in [5.74, 6) is 0.993. The number of ether oxygens (including phenoxy) is 1. The van der Waals surface area contributed by atoms with Crippen LogP contribution in [0.2, 0.25) is 5.02 Å². The molecule has 0 spiro atoms. The Bertz CT molecular complexity index is 1160. The molecule has 0 saturated carbocycles. The Kier molecular flexibility index (Phi) is 7.25. The van der Waals surface area contributed by atoms with Crippen molar-refractivity contribution in [2.45, 2.75) is 25.7 Å². The highest BCUT2D eigenvalue weighted by molar-refractivity contribution is 6.32. The number of nitrogens with zero attached hydrogens (tertiary/aromatic N) is 3. The molecule has 0 aliphatic carbocycles. The molecule has 2 aromatic carbocycles. The van der Waals surface area contributed by atoms with Crippen molar-refractivity contribution in [2.75, 3.05) is 30.4 Å². The smallest absolute Gasteiger partial charge is 0.227 e. The molecule has 1 N–H and O–H groups in total. The molecule has 1 saturated heterocycles. The molecule has 4 rings (SSSR count). The molecule has 7 heteroatoms. The molecular formula is C26H27ClN4O2. The summed E-state index contributed by atoms with van der Waals surface area (Å²) >= 11 is 6.45. The minimum Gasteiger partial charge on any atom is -0.496 e. The van der Waals surface area contributed by atoms with E-state index in [1.165, 1.54) is 31.0 Å². The minimum atomic E-state index is -0.0878. The highest BCUT2D eigenvalue weighted by Gasteiger charge is 2.14. The first-order chi connectivity index (χ1) is 16.1. The van der Waals surface area contributed by atoms with Crippen LogP contribution in [0.1, 0.15) is 24.8 Å². The summed E-state index contributed by atoms with van der Waals surface area (Å²) in [6.07, 6.45) is 6.83. The van der Waals surface area contributed by atoms with Crippen LogP contribution in [0.15, 0.2) is 61.3 Å². The predicted octanol–water partition coefficient (Wildman–Crippen LogP) is 5.84. The Morgan fingerprint density at radius 3 is 2.79 bits per heavy atom. The van der Waals surface area contributed by atoms with E-state index in [0.717, 1.165) is 29.9 Å². The van der Waals surface area contributed by atoms with Crippen molar-refractivity contribution in [3.8, 4) is 17.0 Å². The molecule has 170 valence electrons. The first-order valence-corrected chi connectivity index (χ1v) is 11.4. The first kappa shape index (κ1) is 22.8. The number of anilines is 3. The Morgan fingerprint density at radius 2 is 2.03 bits per heavy atom. The summed E-state index contributed by atoms with van der Waals surface area (Å²) in [5, 5.41) is 3.72. The standard InChI is InChI=1S/C26H27ClN4O2/c1-3-22(32)15-19-14-18(10-11-24(19)33-2)25-23(27)17-28-26(30-25)29-20-8-7-9-21(16-20)31-12-5-4-6-13-31/h3,7-11,14,16-17H,1,4-6,12-13,15H2,2H3,(H,28,29,30). The van der Waals surface area contributed by atoms with Crippen molar-refractivity contribution in [1.82, 2.24) is 9.97 Å². The molecule has 0 bridgehead atoms. The number of piperidine rings is 1. The topological polar surface area (TPSA) is 67.4 Å². The summed E-state index contributed by atoms with van der Waals surface area (Å²) in [6, 6.07) is 13.8. The van der Waals surface area contributed by atoms with E-state index in [4.69, 9.17) is 16.3 Å². The molecule has 6 nitrogen and oxygen atoms in total. The molecule has 0 unspecified atom stereocenters. The van der Waals surface area contributed by atoms with E-state index in [9.17, 15) is 4.79 Å². The number of aromatic nitrogens is 2. The Labute approximate surface area is 199 Å². The van der Waals surface area contributed by atoms with Crippen LogP contribution in [0.5, 0.6) is 5.75 Å². The predicted molar refractivity (Wildman–Crippen MR) is 134 cm³/mol. The van der Waals surface area contributed by atoms with Gasteiger partial charge in [-0.15, -0.1) is 0 Å². The number of benzene rings is 2. The maximum atomic E-state index is 11.9. The second kappa shape index (κ2) is 10.5. The number of carbonyl (C=O) groups is 1. The fourth-order valence-corrected chi connectivity index (χ4v) is 4.22. The SMILES string of the molecule is C=CC(=O)Cc1cc(-c2nc(Nc3cccc(N4CCCCC4)c3)ncc2Cl)ccc1OC. The number of nitrogens with one attached hydrogen (secondary N) is 1. The molecule has 1 aliphatic rings. The summed E-state index contributed by atoms with van der Waals surface area (Å²) in [6.45, 7) is 5.72. The second-order valence-corrected chi connectivity index (χ2v) is 8.39. The number of hydrogen-bond acceptors (Lipinski definition) is 6. The fraction of sp³-hybridized carbons (Fsp3) is 0.269. The lowest BCUT2D eigenvalue weighted by atomic mass is 10.0. The van der Waals surface area contributed by atoms with Gasteiger partial charge in [-0.2, -0.15) is 0 Å². The number of ketones is 1. The van der Waals surface area contributed by atoms with Crippen molar-refractivity contribution < 1.29 is 9.53 Å². The van der Waals surface area contributed by atoms with Crippen LogP contribution in [0.25, 0.3) is 11.3 Å². The zero-order valence-corrected chi connectivity index (χ0v) is 19.4. The largest absolute Gasteiger partial charge is 0.496 e. The van der Waals surface area contributed by atoms with E-state index in [2.05, 4.69) is 38.9 Å². The van der Waals surface area contributed by atoms with Gasteiger partial charge in [0.15, 0.2) is 5.78 Å². The van der Waals surface area contributed by atoms with E-state index in [1.807, 2.05) is 30.3 Å². The number of hydrogen-bond donors (Lipinski definition) is 1. The van der Waals surface area contributed by atoms with Crippen LogP contribution < -0.4 is 15.0 Å². The maximum absolute atomic E-state index is 11.9. The average Bonchev–Trinajstić information content (AvgIpc) is 2.86. The van der Waals surface area contributed by atoms with Gasteiger partial charge in [0.25, 0.3) is 0 Å². The van der Waals surface area contributed by atoms with Crippen LogP contribution in [-0.2, 0) is 11.2 Å². The molecule has 1 fully saturated rings. The van der Waals surface area contributed by atoms with Crippen molar-refractivity contribution in [2.24, 2.45) is 0 Å². The Hall–Kier alpha value is -3.38. The molecule has 1 aromatic heterocycles. The average molecular weight is 463 g/mol. The summed E-state index contributed by atoms with van der Waals surface area (Å²) < 4.78 is 5.41. The Balaban J connectivity index is 1.60. The monoisotopic (exact) mass is 462 g/mol. The molecule has 2 heterocycles. The van der Waals surface area contributed by atoms with E-state index in [-0.39, 0.29) is 12.2 Å². The van der Waals surface area contributed by atoms with Gasteiger partial charge in [0.2, 0.25) is 5.95 Å². The molecular weight excluding hydrogens is 436 g/mol. The molecule has 3 aromatic rings. The first-order valence-electron chi connectivity index (χ1n) is 11.0. The van der Waals surface area contributed by atoms with Crippen molar-refractivity contribution in [3.05, 3.63) is 71.9 Å². The zero-order valence-electron chi connectivity index (χ0n) is 18.7. The van der Waals surface area contributed by atoms with E-state index < -0.39 is 0 Å². The third-order valence-electron chi connectivity index (χ3n) is 5.71. The fourth-order valence-electron chi connectivity index (χ4n) is 4.02. The zero-order chi connectivity index (χ0) is 23.2. The number of carbonyl (C=O) groups excluding carboxylic acids is 1. The molecule has 0 radical (unpaired) electrons. The lowest BCUT2D eigenvalue weighted by molar-refractivity contribution is -0.114. The van der Waals surface area contributed by atoms with Gasteiger partial charge in [0, 0.05) is 42.0 Å². The highest BCUT2D eigenvalue weighted by Crippen LogP contribution is 2.32. The molecule has 1 aliphatic heterocycles. The number of halogens is 1. The van der Waals surface area contributed by atoms with Gasteiger partial charge in [-0.05, 0) is 61.7 Å².